The first-order valence-electron chi connectivity index (χ1n) is 8.31. The molecule has 0 spiro atoms. The van der Waals surface area contributed by atoms with Crippen LogP contribution in [0, 0.1) is 5.82 Å². The Balaban J connectivity index is 1.52. The van der Waals surface area contributed by atoms with Gasteiger partial charge in [-0.3, -0.25) is 9.59 Å². The van der Waals surface area contributed by atoms with E-state index in [1.807, 2.05) is 0 Å². The lowest BCUT2D eigenvalue weighted by atomic mass is 10.2. The number of thiazole rings is 1. The van der Waals surface area contributed by atoms with E-state index in [2.05, 4.69) is 10.3 Å². The third kappa shape index (κ3) is 3.57. The first-order valence-corrected chi connectivity index (χ1v) is 9.19. The van der Waals surface area contributed by atoms with Crippen molar-refractivity contribution in [2.24, 2.45) is 0 Å². The van der Waals surface area contributed by atoms with Crippen molar-refractivity contribution < 1.29 is 9.18 Å². The summed E-state index contributed by atoms with van der Waals surface area (Å²) in [6.45, 7) is 0.297. The Labute approximate surface area is 153 Å². The van der Waals surface area contributed by atoms with E-state index < -0.39 is 0 Å². The van der Waals surface area contributed by atoms with Crippen LogP contribution in [0.15, 0.2) is 52.8 Å². The van der Waals surface area contributed by atoms with Gasteiger partial charge in [-0.25, -0.2) is 9.37 Å². The first-order chi connectivity index (χ1) is 12.6. The van der Waals surface area contributed by atoms with Gasteiger partial charge in [-0.15, -0.1) is 11.3 Å². The molecule has 0 aliphatic heterocycles. The molecule has 2 heterocycles. The highest BCUT2D eigenvalue weighted by atomic mass is 32.1. The lowest BCUT2D eigenvalue weighted by Crippen LogP contribution is -2.26. The summed E-state index contributed by atoms with van der Waals surface area (Å²) in [5.41, 5.74) is 1.01. The molecule has 1 fully saturated rings. The maximum atomic E-state index is 13.0. The average molecular weight is 369 g/mol. The Morgan fingerprint density at radius 1 is 1.27 bits per heavy atom. The second kappa shape index (κ2) is 6.84. The molecule has 4 rings (SSSR count). The highest BCUT2D eigenvalue weighted by Crippen LogP contribution is 2.41. The van der Waals surface area contributed by atoms with Crippen molar-refractivity contribution in [3.8, 4) is 0 Å². The SMILES string of the molecule is O=C(Nc1cccn(Cc2ccc(F)cc2)c1=O)c1csc(C2CC2)n1. The molecular weight excluding hydrogens is 353 g/mol. The van der Waals surface area contributed by atoms with Gasteiger partial charge in [0, 0.05) is 17.5 Å². The van der Waals surface area contributed by atoms with Crippen LogP contribution in [0.2, 0.25) is 0 Å². The lowest BCUT2D eigenvalue weighted by molar-refractivity contribution is 0.102. The molecule has 0 bridgehead atoms. The fraction of sp³-hybridized carbons (Fsp3) is 0.211. The van der Waals surface area contributed by atoms with E-state index in [0.29, 0.717) is 18.2 Å². The number of carbonyl (C=O) groups excluding carboxylic acids is 1. The Bertz CT molecular complexity index is 1010. The van der Waals surface area contributed by atoms with Crippen LogP contribution in [0.3, 0.4) is 0 Å². The molecule has 2 aromatic heterocycles. The largest absolute Gasteiger partial charge is 0.316 e. The zero-order valence-electron chi connectivity index (χ0n) is 13.8. The van der Waals surface area contributed by atoms with Gasteiger partial charge in [0.15, 0.2) is 0 Å². The zero-order chi connectivity index (χ0) is 18.1. The van der Waals surface area contributed by atoms with Gasteiger partial charge in [-0.1, -0.05) is 12.1 Å². The van der Waals surface area contributed by atoms with Gasteiger partial charge in [0.25, 0.3) is 11.5 Å². The minimum atomic E-state index is -0.384. The molecule has 0 unspecified atom stereocenters. The van der Waals surface area contributed by atoms with Crippen LogP contribution in [0.5, 0.6) is 0 Å². The lowest BCUT2D eigenvalue weighted by Gasteiger charge is -2.09. The van der Waals surface area contributed by atoms with Crippen LogP contribution in [0.4, 0.5) is 10.1 Å². The molecule has 0 atom stereocenters. The number of pyridine rings is 1. The van der Waals surface area contributed by atoms with Gasteiger partial charge in [0.1, 0.15) is 17.2 Å². The summed E-state index contributed by atoms with van der Waals surface area (Å²) in [5, 5.41) is 5.35. The topological polar surface area (TPSA) is 64.0 Å². The second-order valence-corrected chi connectivity index (χ2v) is 7.17. The number of rotatable bonds is 5. The molecule has 1 saturated carbocycles. The molecule has 132 valence electrons. The predicted octanol–water partition coefficient (Wildman–Crippen LogP) is 3.62. The van der Waals surface area contributed by atoms with E-state index in [1.165, 1.54) is 28.0 Å². The third-order valence-corrected chi connectivity index (χ3v) is 5.22. The molecule has 1 aromatic carbocycles. The fourth-order valence-electron chi connectivity index (χ4n) is 2.64. The molecule has 5 nitrogen and oxygen atoms in total. The Kier molecular flexibility index (Phi) is 4.38. The van der Waals surface area contributed by atoms with Crippen LogP contribution < -0.4 is 10.9 Å². The number of nitrogens with zero attached hydrogens (tertiary/aromatic N) is 2. The number of benzene rings is 1. The predicted molar refractivity (Wildman–Crippen MR) is 98.2 cm³/mol. The van der Waals surface area contributed by atoms with E-state index in [4.69, 9.17) is 0 Å². The van der Waals surface area contributed by atoms with Crippen LogP contribution in [-0.2, 0) is 6.54 Å². The molecule has 1 N–H and O–H groups in total. The number of hydrogen-bond acceptors (Lipinski definition) is 4. The number of amides is 1. The second-order valence-electron chi connectivity index (χ2n) is 6.28. The van der Waals surface area contributed by atoms with Crippen molar-refractivity contribution in [3.05, 3.63) is 80.4 Å². The van der Waals surface area contributed by atoms with Gasteiger partial charge >= 0.3 is 0 Å². The van der Waals surface area contributed by atoms with Crippen molar-refractivity contribution in [3.63, 3.8) is 0 Å². The zero-order valence-corrected chi connectivity index (χ0v) is 14.6. The van der Waals surface area contributed by atoms with E-state index >= 15 is 0 Å². The van der Waals surface area contributed by atoms with Crippen LogP contribution in [0.25, 0.3) is 0 Å². The van der Waals surface area contributed by atoms with Crippen LogP contribution >= 0.6 is 11.3 Å². The standard InChI is InChI=1S/C19H16FN3O2S/c20-14-7-3-12(4-8-14)10-23-9-1-2-15(19(23)25)21-17(24)16-11-26-18(22-16)13-5-6-13/h1-4,7-9,11,13H,5-6,10H2,(H,21,24). The maximum absolute atomic E-state index is 13.0. The summed E-state index contributed by atoms with van der Waals surface area (Å²) in [6, 6.07) is 9.22. The van der Waals surface area contributed by atoms with Crippen molar-refractivity contribution in [1.29, 1.82) is 0 Å². The van der Waals surface area contributed by atoms with Crippen molar-refractivity contribution in [2.75, 3.05) is 5.32 Å². The van der Waals surface area contributed by atoms with Crippen molar-refractivity contribution in [1.82, 2.24) is 9.55 Å². The summed E-state index contributed by atoms with van der Waals surface area (Å²) in [5.74, 6) is -0.216. The minimum Gasteiger partial charge on any atom is -0.316 e. The maximum Gasteiger partial charge on any atom is 0.275 e. The van der Waals surface area contributed by atoms with E-state index in [0.717, 1.165) is 23.4 Å². The first kappa shape index (κ1) is 16.7. The third-order valence-electron chi connectivity index (χ3n) is 4.22. The number of anilines is 1. The van der Waals surface area contributed by atoms with Crippen molar-refractivity contribution in [2.45, 2.75) is 25.3 Å². The summed E-state index contributed by atoms with van der Waals surface area (Å²) in [6.07, 6.45) is 3.89. The summed E-state index contributed by atoms with van der Waals surface area (Å²) < 4.78 is 14.5. The van der Waals surface area contributed by atoms with E-state index in [-0.39, 0.29) is 23.0 Å². The molecule has 1 aliphatic rings. The molecular formula is C19H16FN3O2S. The van der Waals surface area contributed by atoms with Crippen LogP contribution in [0.1, 0.15) is 39.8 Å². The smallest absolute Gasteiger partial charge is 0.275 e. The molecule has 3 aromatic rings. The number of carbonyl (C=O) groups is 1. The van der Waals surface area contributed by atoms with Crippen molar-refractivity contribution >= 4 is 22.9 Å². The fourth-order valence-corrected chi connectivity index (χ4v) is 3.61. The summed E-state index contributed by atoms with van der Waals surface area (Å²) >= 11 is 1.48. The molecule has 1 aliphatic carbocycles. The number of nitrogens with one attached hydrogen (secondary N) is 1. The highest BCUT2D eigenvalue weighted by Gasteiger charge is 2.27. The monoisotopic (exact) mass is 369 g/mol. The Morgan fingerprint density at radius 2 is 2.04 bits per heavy atom. The van der Waals surface area contributed by atoms with Gasteiger partial charge in [0.2, 0.25) is 0 Å². The number of halogens is 1. The Morgan fingerprint density at radius 3 is 2.77 bits per heavy atom. The Hall–Kier alpha value is -2.80. The van der Waals surface area contributed by atoms with Gasteiger partial charge in [-0.05, 0) is 42.7 Å². The normalized spacial score (nSPS) is 13.6. The molecule has 0 saturated heterocycles. The summed E-state index contributed by atoms with van der Waals surface area (Å²) in [4.78, 5) is 29.3. The van der Waals surface area contributed by atoms with Gasteiger partial charge in [0.05, 0.1) is 11.6 Å². The quantitative estimate of drug-likeness (QED) is 0.747. The minimum absolute atomic E-state index is 0.195. The van der Waals surface area contributed by atoms with Gasteiger partial charge in [-0.2, -0.15) is 0 Å². The molecule has 26 heavy (non-hydrogen) atoms. The van der Waals surface area contributed by atoms with E-state index in [1.54, 1.807) is 35.8 Å². The molecule has 0 radical (unpaired) electrons. The van der Waals surface area contributed by atoms with Crippen LogP contribution in [-0.4, -0.2) is 15.5 Å². The molecule has 1 amide bonds. The van der Waals surface area contributed by atoms with Gasteiger partial charge < -0.3 is 9.88 Å². The average Bonchev–Trinajstić information content (AvgIpc) is 3.37. The highest BCUT2D eigenvalue weighted by molar-refractivity contribution is 7.10. The van der Waals surface area contributed by atoms with E-state index in [9.17, 15) is 14.0 Å². The number of hydrogen-bond donors (Lipinski definition) is 1. The molecule has 7 heteroatoms. The summed E-state index contributed by atoms with van der Waals surface area (Å²) in [7, 11) is 0. The number of aromatic nitrogens is 2.